The Morgan fingerprint density at radius 1 is 1.46 bits per heavy atom. The van der Waals surface area contributed by atoms with Gasteiger partial charge in [-0.25, -0.2) is 0 Å². The van der Waals surface area contributed by atoms with Gasteiger partial charge in [0.05, 0.1) is 0 Å². The second-order valence-corrected chi connectivity index (χ2v) is 4.54. The maximum atomic E-state index is 2.62. The quantitative estimate of drug-likeness (QED) is 0.562. The minimum Gasteiger partial charge on any atom is -0.305 e. The highest BCUT2D eigenvalue weighted by atomic mass is 15.2. The van der Waals surface area contributed by atoms with Gasteiger partial charge in [-0.2, -0.15) is 0 Å². The van der Waals surface area contributed by atoms with E-state index in [-0.39, 0.29) is 0 Å². The van der Waals surface area contributed by atoms with E-state index in [1.54, 1.807) is 5.57 Å². The fourth-order valence-corrected chi connectivity index (χ4v) is 2.44. The summed E-state index contributed by atoms with van der Waals surface area (Å²) in [4.78, 5) is 5.08. The molecule has 2 aliphatic rings. The van der Waals surface area contributed by atoms with Gasteiger partial charge in [0.2, 0.25) is 0 Å². The summed E-state index contributed by atoms with van der Waals surface area (Å²) in [6.45, 7) is 7.19. The van der Waals surface area contributed by atoms with Crippen molar-refractivity contribution in [3.05, 3.63) is 11.6 Å². The van der Waals surface area contributed by atoms with Gasteiger partial charge in [0.25, 0.3) is 0 Å². The molecule has 2 rings (SSSR count). The molecule has 2 heteroatoms. The third-order valence-electron chi connectivity index (χ3n) is 3.24. The molecule has 1 saturated heterocycles. The Labute approximate surface area is 81.2 Å². The maximum Gasteiger partial charge on any atom is 0.0230 e. The maximum absolute atomic E-state index is 2.62. The largest absolute Gasteiger partial charge is 0.305 e. The highest BCUT2D eigenvalue weighted by molar-refractivity contribution is 5.09. The predicted octanol–water partition coefficient (Wildman–Crippen LogP) is 1.34. The van der Waals surface area contributed by atoms with Gasteiger partial charge in [-0.05, 0) is 33.4 Å². The molecule has 1 atom stereocenters. The molecule has 2 heterocycles. The van der Waals surface area contributed by atoms with Gasteiger partial charge in [-0.3, -0.25) is 4.90 Å². The van der Waals surface area contributed by atoms with Crippen LogP contribution in [-0.4, -0.2) is 49.1 Å². The first-order valence-corrected chi connectivity index (χ1v) is 5.34. The van der Waals surface area contributed by atoms with Crippen LogP contribution >= 0.6 is 0 Å². The molecule has 2 nitrogen and oxygen atoms in total. The van der Waals surface area contributed by atoms with Gasteiger partial charge in [-0.15, -0.1) is 0 Å². The Bertz CT molecular complexity index is 210. The molecular formula is C11H20N2. The molecule has 0 N–H and O–H groups in total. The van der Waals surface area contributed by atoms with Gasteiger partial charge < -0.3 is 4.90 Å². The van der Waals surface area contributed by atoms with Crippen LogP contribution in [0.2, 0.25) is 0 Å². The van der Waals surface area contributed by atoms with Crippen LogP contribution in [0.3, 0.4) is 0 Å². The van der Waals surface area contributed by atoms with E-state index in [2.05, 4.69) is 29.8 Å². The van der Waals surface area contributed by atoms with Crippen molar-refractivity contribution in [3.8, 4) is 0 Å². The highest BCUT2D eigenvalue weighted by Crippen LogP contribution is 2.19. The van der Waals surface area contributed by atoms with Crippen LogP contribution in [0.15, 0.2) is 11.6 Å². The smallest absolute Gasteiger partial charge is 0.0230 e. The monoisotopic (exact) mass is 180 g/mol. The Balaban J connectivity index is 1.87. The number of likely N-dealkylation sites (tertiary alicyclic amines) is 1. The van der Waals surface area contributed by atoms with Crippen molar-refractivity contribution >= 4 is 0 Å². The summed E-state index contributed by atoms with van der Waals surface area (Å²) in [7, 11) is 2.24. The highest BCUT2D eigenvalue weighted by Gasteiger charge is 2.24. The molecule has 13 heavy (non-hydrogen) atoms. The summed E-state index contributed by atoms with van der Waals surface area (Å²) in [5.41, 5.74) is 1.55. The van der Waals surface area contributed by atoms with Crippen molar-refractivity contribution in [1.29, 1.82) is 0 Å². The zero-order valence-corrected chi connectivity index (χ0v) is 8.79. The topological polar surface area (TPSA) is 6.48 Å². The Morgan fingerprint density at radius 3 is 2.92 bits per heavy atom. The third-order valence-corrected chi connectivity index (χ3v) is 3.24. The molecule has 0 bridgehead atoms. The van der Waals surface area contributed by atoms with Crippen LogP contribution < -0.4 is 0 Å². The van der Waals surface area contributed by atoms with Gasteiger partial charge >= 0.3 is 0 Å². The van der Waals surface area contributed by atoms with E-state index in [9.17, 15) is 0 Å². The second-order valence-electron chi connectivity index (χ2n) is 4.54. The van der Waals surface area contributed by atoms with E-state index in [0.29, 0.717) is 0 Å². The Hall–Kier alpha value is -0.340. The second kappa shape index (κ2) is 3.81. The molecule has 2 aliphatic heterocycles. The molecule has 1 unspecified atom stereocenters. The fraction of sp³-hybridized carbons (Fsp3) is 0.818. The summed E-state index contributed by atoms with van der Waals surface area (Å²) in [6, 6.07) is 0.812. The number of hydrogen-bond donors (Lipinski definition) is 0. The molecular weight excluding hydrogens is 160 g/mol. The predicted molar refractivity (Wildman–Crippen MR) is 55.8 cm³/mol. The third kappa shape index (κ3) is 2.12. The normalized spacial score (nSPS) is 32.2. The van der Waals surface area contributed by atoms with E-state index >= 15 is 0 Å². The van der Waals surface area contributed by atoms with E-state index in [4.69, 9.17) is 0 Å². The van der Waals surface area contributed by atoms with Crippen LogP contribution in [0.25, 0.3) is 0 Å². The number of hydrogen-bond acceptors (Lipinski definition) is 2. The number of likely N-dealkylation sites (N-methyl/N-ethyl adjacent to an activating group) is 1. The van der Waals surface area contributed by atoms with E-state index < -0.39 is 0 Å². The zero-order valence-electron chi connectivity index (χ0n) is 8.79. The number of rotatable bonds is 1. The van der Waals surface area contributed by atoms with Gasteiger partial charge in [0.15, 0.2) is 0 Å². The molecule has 0 spiro atoms. The molecule has 0 aliphatic carbocycles. The summed E-state index contributed by atoms with van der Waals surface area (Å²) >= 11 is 0. The fourth-order valence-electron chi connectivity index (χ4n) is 2.44. The number of piperidine rings is 1. The minimum absolute atomic E-state index is 0.812. The lowest BCUT2D eigenvalue weighted by atomic mass is 10.1. The van der Waals surface area contributed by atoms with Crippen molar-refractivity contribution in [2.24, 2.45) is 0 Å². The van der Waals surface area contributed by atoms with Crippen LogP contribution in [0, 0.1) is 0 Å². The van der Waals surface area contributed by atoms with Gasteiger partial charge in [0.1, 0.15) is 0 Å². The molecule has 0 radical (unpaired) electrons. The van der Waals surface area contributed by atoms with Crippen LogP contribution in [0.1, 0.15) is 19.8 Å². The summed E-state index contributed by atoms with van der Waals surface area (Å²) in [5, 5.41) is 0. The summed E-state index contributed by atoms with van der Waals surface area (Å²) < 4.78 is 0. The average molecular weight is 180 g/mol. The first-order chi connectivity index (χ1) is 6.25. The lowest BCUT2D eigenvalue weighted by Gasteiger charge is -2.35. The Morgan fingerprint density at radius 2 is 2.31 bits per heavy atom. The van der Waals surface area contributed by atoms with Crippen LogP contribution in [0.4, 0.5) is 0 Å². The van der Waals surface area contributed by atoms with Crippen molar-refractivity contribution in [2.45, 2.75) is 25.8 Å². The first-order valence-electron chi connectivity index (χ1n) is 5.34. The van der Waals surface area contributed by atoms with E-state index in [0.717, 1.165) is 6.04 Å². The minimum atomic E-state index is 0.812. The Kier molecular flexibility index (Phi) is 2.70. The summed E-state index contributed by atoms with van der Waals surface area (Å²) in [6.07, 6.45) is 5.14. The standard InChI is InChI=1S/C11H20N2/c1-10-5-7-13(8-10)11-4-3-6-12(2)9-11/h5,11H,3-4,6-9H2,1-2H3. The van der Waals surface area contributed by atoms with Crippen molar-refractivity contribution in [3.63, 3.8) is 0 Å². The van der Waals surface area contributed by atoms with Crippen molar-refractivity contribution in [1.82, 2.24) is 9.80 Å². The lowest BCUT2D eigenvalue weighted by molar-refractivity contribution is 0.137. The molecule has 0 amide bonds. The van der Waals surface area contributed by atoms with Crippen LogP contribution in [-0.2, 0) is 0 Å². The van der Waals surface area contributed by atoms with E-state index in [1.165, 1.54) is 39.0 Å². The molecule has 0 aromatic rings. The molecule has 74 valence electrons. The molecule has 0 aromatic heterocycles. The first kappa shape index (κ1) is 9.22. The van der Waals surface area contributed by atoms with Gasteiger partial charge in [0, 0.05) is 25.7 Å². The zero-order chi connectivity index (χ0) is 9.26. The molecule has 0 aromatic carbocycles. The van der Waals surface area contributed by atoms with E-state index in [1.807, 2.05) is 0 Å². The summed E-state index contributed by atoms with van der Waals surface area (Å²) in [5.74, 6) is 0. The average Bonchev–Trinajstić information content (AvgIpc) is 2.52. The molecule has 1 fully saturated rings. The number of nitrogens with zero attached hydrogens (tertiary/aromatic N) is 2. The van der Waals surface area contributed by atoms with Crippen molar-refractivity contribution < 1.29 is 0 Å². The van der Waals surface area contributed by atoms with Crippen LogP contribution in [0.5, 0.6) is 0 Å². The van der Waals surface area contributed by atoms with Gasteiger partial charge in [-0.1, -0.05) is 11.6 Å². The lowest BCUT2D eigenvalue weighted by Crippen LogP contribution is -2.45. The van der Waals surface area contributed by atoms with Crippen molar-refractivity contribution in [2.75, 3.05) is 33.2 Å². The molecule has 0 saturated carbocycles. The SMILES string of the molecule is CC1=CCN(C2CCCN(C)C2)C1.